The molecule has 0 bridgehead atoms. The van der Waals surface area contributed by atoms with Crippen LogP contribution < -0.4 is 0 Å². The van der Waals surface area contributed by atoms with Gasteiger partial charge in [-0.05, 0) is 43.9 Å². The summed E-state index contributed by atoms with van der Waals surface area (Å²) < 4.78 is 8.12. The van der Waals surface area contributed by atoms with Crippen LogP contribution in [0.3, 0.4) is 0 Å². The van der Waals surface area contributed by atoms with Gasteiger partial charge in [-0.25, -0.2) is 4.98 Å². The van der Waals surface area contributed by atoms with Crippen molar-refractivity contribution in [3.05, 3.63) is 29.6 Å². The van der Waals surface area contributed by atoms with E-state index in [0.717, 1.165) is 37.2 Å². The molecule has 1 aliphatic carbocycles. The van der Waals surface area contributed by atoms with E-state index in [1.807, 2.05) is 18.2 Å². The molecular formula is C16H17N3O. The fraction of sp³-hybridized carbons (Fsp3) is 0.500. The van der Waals surface area contributed by atoms with Gasteiger partial charge in [-0.15, -0.1) is 0 Å². The first-order valence-corrected chi connectivity index (χ1v) is 7.38. The molecule has 20 heavy (non-hydrogen) atoms. The predicted molar refractivity (Wildman–Crippen MR) is 75.4 cm³/mol. The van der Waals surface area contributed by atoms with Gasteiger partial charge >= 0.3 is 0 Å². The molecule has 2 heterocycles. The van der Waals surface area contributed by atoms with Crippen molar-refractivity contribution in [3.8, 4) is 6.07 Å². The molecule has 1 atom stereocenters. The van der Waals surface area contributed by atoms with E-state index in [4.69, 9.17) is 15.0 Å². The Balaban J connectivity index is 1.77. The maximum Gasteiger partial charge on any atom is 0.112 e. The van der Waals surface area contributed by atoms with Gasteiger partial charge in [0.25, 0.3) is 0 Å². The van der Waals surface area contributed by atoms with Gasteiger partial charge in [-0.3, -0.25) is 0 Å². The molecule has 1 unspecified atom stereocenters. The number of imidazole rings is 1. The minimum Gasteiger partial charge on any atom is -0.378 e. The quantitative estimate of drug-likeness (QED) is 0.859. The summed E-state index contributed by atoms with van der Waals surface area (Å²) in [4.78, 5) is 4.78. The Hall–Kier alpha value is -1.86. The average molecular weight is 267 g/mol. The normalized spacial score (nSPS) is 22.2. The van der Waals surface area contributed by atoms with E-state index in [0.29, 0.717) is 17.7 Å². The summed E-state index contributed by atoms with van der Waals surface area (Å²) in [6.07, 6.45) is 5.99. The van der Waals surface area contributed by atoms with E-state index in [1.54, 1.807) is 0 Å². The molecule has 1 aliphatic heterocycles. The molecule has 1 saturated carbocycles. The van der Waals surface area contributed by atoms with Crippen molar-refractivity contribution in [1.82, 2.24) is 9.55 Å². The average Bonchev–Trinajstić information content (AvgIpc) is 3.05. The maximum absolute atomic E-state index is 9.02. The van der Waals surface area contributed by atoms with Crippen LogP contribution in [0.2, 0.25) is 0 Å². The Morgan fingerprint density at radius 1 is 1.35 bits per heavy atom. The Kier molecular flexibility index (Phi) is 2.75. The fourth-order valence-electron chi connectivity index (χ4n) is 3.11. The van der Waals surface area contributed by atoms with Gasteiger partial charge in [0.2, 0.25) is 0 Å². The zero-order chi connectivity index (χ0) is 13.5. The molecule has 102 valence electrons. The number of benzene rings is 1. The van der Waals surface area contributed by atoms with E-state index in [2.05, 4.69) is 10.6 Å². The standard InChI is InChI=1S/C16H17N3O/c17-10-11-3-6-15-14(8-11)18-16(19(15)12-4-5-12)9-13-2-1-7-20-13/h3,6,8,12-13H,1-2,4-5,7,9H2. The number of aromatic nitrogens is 2. The highest BCUT2D eigenvalue weighted by Crippen LogP contribution is 2.39. The monoisotopic (exact) mass is 267 g/mol. The molecular weight excluding hydrogens is 250 g/mol. The maximum atomic E-state index is 9.02. The van der Waals surface area contributed by atoms with Crippen LogP contribution in [0.5, 0.6) is 0 Å². The fourth-order valence-corrected chi connectivity index (χ4v) is 3.11. The van der Waals surface area contributed by atoms with Crippen molar-refractivity contribution in [2.75, 3.05) is 6.61 Å². The van der Waals surface area contributed by atoms with E-state index < -0.39 is 0 Å². The Bertz CT molecular complexity index is 688. The SMILES string of the molecule is N#Cc1ccc2c(c1)nc(CC1CCCO1)n2C1CC1. The molecule has 0 amide bonds. The first-order chi connectivity index (χ1) is 9.85. The molecule has 2 aliphatic rings. The third kappa shape index (κ3) is 1.99. The van der Waals surface area contributed by atoms with Crippen molar-refractivity contribution in [2.45, 2.75) is 44.2 Å². The predicted octanol–water partition coefficient (Wildman–Crippen LogP) is 2.96. The molecule has 4 heteroatoms. The Morgan fingerprint density at radius 2 is 2.25 bits per heavy atom. The van der Waals surface area contributed by atoms with E-state index >= 15 is 0 Å². The lowest BCUT2D eigenvalue weighted by molar-refractivity contribution is 0.109. The number of nitriles is 1. The highest BCUT2D eigenvalue weighted by atomic mass is 16.5. The minimum absolute atomic E-state index is 0.319. The molecule has 1 aromatic heterocycles. The molecule has 4 nitrogen and oxygen atoms in total. The van der Waals surface area contributed by atoms with Crippen molar-refractivity contribution >= 4 is 11.0 Å². The van der Waals surface area contributed by atoms with Crippen LogP contribution in [-0.2, 0) is 11.2 Å². The molecule has 0 N–H and O–H groups in total. The van der Waals surface area contributed by atoms with Gasteiger partial charge in [0.15, 0.2) is 0 Å². The number of ether oxygens (including phenoxy) is 1. The number of fused-ring (bicyclic) bond motifs is 1. The van der Waals surface area contributed by atoms with Crippen LogP contribution in [0.4, 0.5) is 0 Å². The van der Waals surface area contributed by atoms with E-state index in [-0.39, 0.29) is 0 Å². The van der Waals surface area contributed by atoms with Crippen molar-refractivity contribution < 1.29 is 4.74 Å². The van der Waals surface area contributed by atoms with Gasteiger partial charge in [-0.1, -0.05) is 0 Å². The summed E-state index contributed by atoms with van der Waals surface area (Å²) in [5.41, 5.74) is 2.80. The highest BCUT2D eigenvalue weighted by molar-refractivity contribution is 5.78. The van der Waals surface area contributed by atoms with Crippen LogP contribution in [0.25, 0.3) is 11.0 Å². The van der Waals surface area contributed by atoms with Crippen LogP contribution in [0.15, 0.2) is 18.2 Å². The highest BCUT2D eigenvalue weighted by Gasteiger charge is 2.29. The van der Waals surface area contributed by atoms with Crippen molar-refractivity contribution in [2.24, 2.45) is 0 Å². The summed E-state index contributed by atoms with van der Waals surface area (Å²) in [5, 5.41) is 9.02. The summed E-state index contributed by atoms with van der Waals surface area (Å²) in [7, 11) is 0. The lowest BCUT2D eigenvalue weighted by Crippen LogP contribution is -2.13. The second-order valence-electron chi connectivity index (χ2n) is 5.78. The van der Waals surface area contributed by atoms with Gasteiger partial charge < -0.3 is 9.30 Å². The zero-order valence-electron chi connectivity index (χ0n) is 11.4. The number of rotatable bonds is 3. The van der Waals surface area contributed by atoms with E-state index in [1.165, 1.54) is 18.4 Å². The third-order valence-corrected chi connectivity index (χ3v) is 4.24. The number of hydrogen-bond donors (Lipinski definition) is 0. The zero-order valence-corrected chi connectivity index (χ0v) is 11.4. The van der Waals surface area contributed by atoms with Crippen LogP contribution in [-0.4, -0.2) is 22.3 Å². The lowest BCUT2D eigenvalue weighted by Gasteiger charge is -2.11. The largest absolute Gasteiger partial charge is 0.378 e. The topological polar surface area (TPSA) is 50.8 Å². The number of nitrogens with zero attached hydrogens (tertiary/aromatic N) is 3. The van der Waals surface area contributed by atoms with Gasteiger partial charge in [0.05, 0.1) is 28.8 Å². The summed E-state index contributed by atoms with van der Waals surface area (Å²) in [5.74, 6) is 1.13. The second-order valence-corrected chi connectivity index (χ2v) is 5.78. The number of hydrogen-bond acceptors (Lipinski definition) is 3. The summed E-state index contributed by atoms with van der Waals surface area (Å²) >= 11 is 0. The molecule has 0 spiro atoms. The van der Waals surface area contributed by atoms with E-state index in [9.17, 15) is 0 Å². The molecule has 0 radical (unpaired) electrons. The molecule has 4 rings (SSSR count). The van der Waals surface area contributed by atoms with Crippen LogP contribution in [0, 0.1) is 11.3 Å². The first kappa shape index (κ1) is 11.9. The first-order valence-electron chi connectivity index (χ1n) is 7.38. The van der Waals surface area contributed by atoms with Gasteiger partial charge in [0, 0.05) is 19.1 Å². The smallest absolute Gasteiger partial charge is 0.112 e. The Labute approximate surface area is 118 Å². The molecule has 1 saturated heterocycles. The van der Waals surface area contributed by atoms with Crippen molar-refractivity contribution in [3.63, 3.8) is 0 Å². The van der Waals surface area contributed by atoms with Crippen LogP contribution in [0.1, 0.15) is 43.1 Å². The minimum atomic E-state index is 0.319. The molecule has 2 fully saturated rings. The Morgan fingerprint density at radius 3 is 2.95 bits per heavy atom. The summed E-state index contributed by atoms with van der Waals surface area (Å²) in [6, 6.07) is 8.62. The second kappa shape index (κ2) is 4.60. The lowest BCUT2D eigenvalue weighted by atomic mass is 10.2. The van der Waals surface area contributed by atoms with Crippen molar-refractivity contribution in [1.29, 1.82) is 5.26 Å². The summed E-state index contributed by atoms with van der Waals surface area (Å²) in [6.45, 7) is 0.882. The molecule has 2 aromatic rings. The molecule has 1 aromatic carbocycles. The van der Waals surface area contributed by atoms with Gasteiger partial charge in [0.1, 0.15) is 5.82 Å². The van der Waals surface area contributed by atoms with Crippen LogP contribution >= 0.6 is 0 Å². The third-order valence-electron chi connectivity index (χ3n) is 4.24. The van der Waals surface area contributed by atoms with Gasteiger partial charge in [-0.2, -0.15) is 5.26 Å².